The molecule has 0 fully saturated rings. The summed E-state index contributed by atoms with van der Waals surface area (Å²) in [5.41, 5.74) is 0. The molecular weight excluding hydrogens is 82.0 g/mol. The van der Waals surface area contributed by atoms with Gasteiger partial charge in [0.15, 0.2) is 0 Å². The molecule has 31 valence electrons. The fourth-order valence-corrected chi connectivity index (χ4v) is 0.0645. The molecule has 0 aromatic rings. The Hall–Kier alpha value is -1.04. The third-order valence-electron chi connectivity index (χ3n) is 0.170. The van der Waals surface area contributed by atoms with Crippen molar-refractivity contribution in [2.75, 3.05) is 0 Å². The van der Waals surface area contributed by atoms with Crippen molar-refractivity contribution in [2.24, 2.45) is 0 Å². The molecule has 0 unspecified atom stereocenters. The maximum Gasteiger partial charge on any atom is 0.290 e. The van der Waals surface area contributed by atoms with E-state index in [9.17, 15) is 10.1 Å². The summed E-state index contributed by atoms with van der Waals surface area (Å²) >= 11 is 0. The number of rotatable bonds is 0. The van der Waals surface area contributed by atoms with Gasteiger partial charge in [-0.3, -0.25) is 0 Å². The minimum absolute atomic E-state index is 0.743. The van der Waals surface area contributed by atoms with Crippen molar-refractivity contribution in [3.05, 3.63) is 17.0 Å². The van der Waals surface area contributed by atoms with E-state index in [0.29, 0.717) is 0 Å². The number of nitro groups is 1. The van der Waals surface area contributed by atoms with Gasteiger partial charge in [-0.2, -0.15) is 0 Å². The first-order valence-electron chi connectivity index (χ1n) is 1.19. The molecule has 0 aromatic carbocycles. The first kappa shape index (κ1) is 4.96. The highest BCUT2D eigenvalue weighted by atomic mass is 16.6. The number of hydrogen-bond donors (Lipinski definition) is 0. The molecule has 0 atom stereocenters. The monoisotopic (exact) mass is 84.0 g/mol. The molecule has 3 nitrogen and oxygen atoms in total. The predicted molar refractivity (Wildman–Crippen MR) is 20.1 cm³/mol. The first-order valence-corrected chi connectivity index (χ1v) is 1.19. The Bertz CT molecular complexity index is 108. The minimum Gasteiger partial charge on any atom is -0.249 e. The summed E-state index contributed by atoms with van der Waals surface area (Å²) in [5, 5.41) is 9.19. The third-order valence-corrected chi connectivity index (χ3v) is 0.170. The molecular formula is C3H2NO2. The van der Waals surface area contributed by atoms with Crippen LogP contribution >= 0.6 is 0 Å². The lowest BCUT2D eigenvalue weighted by molar-refractivity contribution is -0.379. The normalized spacial score (nSPS) is 5.50. The van der Waals surface area contributed by atoms with Gasteiger partial charge in [0.25, 0.3) is 6.04 Å². The van der Waals surface area contributed by atoms with Crippen LogP contribution in [0.5, 0.6) is 0 Å². The zero-order valence-electron chi connectivity index (χ0n) is 2.97. The fraction of sp³-hybridized carbons (Fsp3) is 0. The molecule has 0 aliphatic carbocycles. The van der Waals surface area contributed by atoms with Crippen molar-refractivity contribution >= 4 is 0 Å². The van der Waals surface area contributed by atoms with Crippen LogP contribution in [0.15, 0.2) is 0 Å². The molecule has 0 aliphatic rings. The Balaban J connectivity index is 3.50. The van der Waals surface area contributed by atoms with Gasteiger partial charge in [0.1, 0.15) is 4.92 Å². The van der Waals surface area contributed by atoms with Crippen molar-refractivity contribution in [3.8, 4) is 12.0 Å². The third kappa shape index (κ3) is 2.96. The van der Waals surface area contributed by atoms with E-state index in [0.717, 1.165) is 0 Å². The van der Waals surface area contributed by atoms with E-state index in [-0.39, 0.29) is 0 Å². The maximum absolute atomic E-state index is 9.19. The van der Waals surface area contributed by atoms with Gasteiger partial charge in [0.2, 0.25) is 0 Å². The molecule has 0 bridgehead atoms. The summed E-state index contributed by atoms with van der Waals surface area (Å²) in [6, 6.07) is 1.57. The zero-order chi connectivity index (χ0) is 4.99. The van der Waals surface area contributed by atoms with Gasteiger partial charge in [-0.25, -0.2) is 10.1 Å². The molecule has 3 heteroatoms. The van der Waals surface area contributed by atoms with E-state index < -0.39 is 4.92 Å². The van der Waals surface area contributed by atoms with Crippen LogP contribution in [0, 0.1) is 29.0 Å². The van der Waals surface area contributed by atoms with Gasteiger partial charge >= 0.3 is 0 Å². The van der Waals surface area contributed by atoms with E-state index in [1.807, 2.05) is 5.92 Å². The lowest BCUT2D eigenvalue weighted by atomic mass is 10.8. The van der Waals surface area contributed by atoms with Crippen molar-refractivity contribution in [2.45, 2.75) is 0 Å². The van der Waals surface area contributed by atoms with E-state index in [2.05, 4.69) is 6.92 Å². The van der Waals surface area contributed by atoms with Gasteiger partial charge in [-0.1, -0.05) is 0 Å². The van der Waals surface area contributed by atoms with E-state index >= 15 is 0 Å². The van der Waals surface area contributed by atoms with E-state index in [1.165, 1.54) is 0 Å². The van der Waals surface area contributed by atoms with E-state index in [4.69, 9.17) is 0 Å². The van der Waals surface area contributed by atoms with Gasteiger partial charge in [-0.05, 0) is 5.92 Å². The van der Waals surface area contributed by atoms with Crippen LogP contribution in [0.2, 0.25) is 0 Å². The van der Waals surface area contributed by atoms with Gasteiger partial charge in [0, 0.05) is 6.92 Å². The Morgan fingerprint density at radius 2 is 2.33 bits per heavy atom. The molecule has 1 radical (unpaired) electrons. The highest BCUT2D eigenvalue weighted by Gasteiger charge is 1.74. The summed E-state index contributed by atoms with van der Waals surface area (Å²) in [6.45, 7) is 2.92. The van der Waals surface area contributed by atoms with Crippen LogP contribution in [0.1, 0.15) is 0 Å². The van der Waals surface area contributed by atoms with Gasteiger partial charge in [-0.15, -0.1) is 0 Å². The highest BCUT2D eigenvalue weighted by molar-refractivity contribution is 4.92. The minimum atomic E-state index is -0.743. The average Bonchev–Trinajstić information content (AvgIpc) is 1.35. The summed E-state index contributed by atoms with van der Waals surface area (Å²) in [4.78, 5) is 8.45. The summed E-state index contributed by atoms with van der Waals surface area (Å²) in [5.74, 6) is 1.87. The van der Waals surface area contributed by atoms with Crippen molar-refractivity contribution in [1.29, 1.82) is 0 Å². The standard InChI is InChI=1S/C3H2NO2/c1-2-3-4(5)6/h1H2. The Labute approximate surface area is 35.1 Å². The summed E-state index contributed by atoms with van der Waals surface area (Å²) < 4.78 is 0. The van der Waals surface area contributed by atoms with Gasteiger partial charge < -0.3 is 0 Å². The molecule has 0 aromatic heterocycles. The van der Waals surface area contributed by atoms with Crippen LogP contribution < -0.4 is 0 Å². The first-order chi connectivity index (χ1) is 2.77. The topological polar surface area (TPSA) is 43.1 Å². The molecule has 0 rings (SSSR count). The summed E-state index contributed by atoms with van der Waals surface area (Å²) in [6.07, 6.45) is 0. The molecule has 0 aliphatic heterocycles. The van der Waals surface area contributed by atoms with Crippen LogP contribution in [-0.2, 0) is 0 Å². The van der Waals surface area contributed by atoms with Gasteiger partial charge in [0.05, 0.1) is 0 Å². The van der Waals surface area contributed by atoms with Crippen LogP contribution in [0.3, 0.4) is 0 Å². The molecule has 6 heavy (non-hydrogen) atoms. The molecule has 0 spiro atoms. The highest BCUT2D eigenvalue weighted by Crippen LogP contribution is 1.54. The van der Waals surface area contributed by atoms with Crippen LogP contribution in [-0.4, -0.2) is 4.92 Å². The van der Waals surface area contributed by atoms with Crippen LogP contribution in [0.25, 0.3) is 0 Å². The Kier molecular flexibility index (Phi) is 1.83. The SMILES string of the molecule is [CH2]C#C[N+](=O)[O-]. The van der Waals surface area contributed by atoms with Crippen LogP contribution in [0.4, 0.5) is 0 Å². The number of nitrogens with zero attached hydrogens (tertiary/aromatic N) is 1. The molecule has 0 saturated carbocycles. The predicted octanol–water partition coefficient (Wildman–Crippen LogP) is 0.0581. The molecule has 0 heterocycles. The second-order valence-electron chi connectivity index (χ2n) is 0.546. The average molecular weight is 84.1 g/mol. The molecule has 0 amide bonds. The molecule has 0 saturated heterocycles. The lowest BCUT2D eigenvalue weighted by Crippen LogP contribution is -1.80. The second kappa shape index (κ2) is 2.21. The van der Waals surface area contributed by atoms with Crippen molar-refractivity contribution in [3.63, 3.8) is 0 Å². The lowest BCUT2D eigenvalue weighted by Gasteiger charge is -1.61. The number of hydrogen-bond acceptors (Lipinski definition) is 2. The maximum atomic E-state index is 9.19. The Morgan fingerprint density at radius 3 is 2.33 bits per heavy atom. The quantitative estimate of drug-likeness (QED) is 0.180. The molecule has 0 N–H and O–H groups in total. The zero-order valence-corrected chi connectivity index (χ0v) is 2.97. The second-order valence-corrected chi connectivity index (χ2v) is 0.546. The van der Waals surface area contributed by atoms with Crippen molar-refractivity contribution in [1.82, 2.24) is 0 Å². The summed E-state index contributed by atoms with van der Waals surface area (Å²) in [7, 11) is 0. The van der Waals surface area contributed by atoms with E-state index in [1.54, 1.807) is 6.04 Å². The smallest absolute Gasteiger partial charge is 0.249 e. The van der Waals surface area contributed by atoms with Crippen molar-refractivity contribution < 1.29 is 4.92 Å². The Morgan fingerprint density at radius 1 is 1.83 bits per heavy atom. The largest absolute Gasteiger partial charge is 0.290 e. The fourth-order valence-electron chi connectivity index (χ4n) is 0.0645.